The molecule has 2 N–H and O–H groups in total. The minimum atomic E-state index is -1.05. The summed E-state index contributed by atoms with van der Waals surface area (Å²) in [7, 11) is 0. The number of amides is 1. The topological polar surface area (TPSA) is 66.4 Å². The molecule has 144 valence electrons. The van der Waals surface area contributed by atoms with Crippen LogP contribution in [0.3, 0.4) is 0 Å². The molecule has 29 heavy (non-hydrogen) atoms. The van der Waals surface area contributed by atoms with E-state index in [1.54, 1.807) is 0 Å². The van der Waals surface area contributed by atoms with Crippen LogP contribution in [0.15, 0.2) is 78.9 Å². The number of fused-ring (bicyclic) bond motifs is 2. The van der Waals surface area contributed by atoms with Gasteiger partial charge in [0.05, 0.1) is 5.56 Å². The van der Waals surface area contributed by atoms with Gasteiger partial charge in [-0.15, -0.1) is 0 Å². The van der Waals surface area contributed by atoms with Crippen LogP contribution in [0.5, 0.6) is 0 Å². The van der Waals surface area contributed by atoms with Crippen LogP contribution in [0, 0.1) is 6.92 Å². The Labute approximate surface area is 168 Å². The molecule has 0 fully saturated rings. The largest absolute Gasteiger partial charge is 0.480 e. The van der Waals surface area contributed by atoms with E-state index in [9.17, 15) is 14.7 Å². The lowest BCUT2D eigenvalue weighted by Gasteiger charge is -2.17. The van der Waals surface area contributed by atoms with Gasteiger partial charge in [0.1, 0.15) is 6.04 Å². The molecular formula is C25H21NO3. The molecule has 0 spiro atoms. The van der Waals surface area contributed by atoms with E-state index in [1.807, 2.05) is 85.8 Å². The van der Waals surface area contributed by atoms with Gasteiger partial charge < -0.3 is 10.4 Å². The fraction of sp³-hybridized carbons (Fsp3) is 0.120. The van der Waals surface area contributed by atoms with Crippen LogP contribution in [-0.2, 0) is 11.2 Å². The molecule has 1 amide bonds. The molecule has 0 saturated carbocycles. The number of hydrogen-bond acceptors (Lipinski definition) is 2. The smallest absolute Gasteiger partial charge is 0.326 e. The minimum Gasteiger partial charge on any atom is -0.480 e. The predicted octanol–water partition coefficient (Wildman–Crippen LogP) is 4.73. The highest BCUT2D eigenvalue weighted by atomic mass is 16.4. The van der Waals surface area contributed by atoms with E-state index in [2.05, 4.69) is 5.32 Å². The number of benzene rings is 4. The van der Waals surface area contributed by atoms with Crippen molar-refractivity contribution in [2.24, 2.45) is 0 Å². The lowest BCUT2D eigenvalue weighted by molar-refractivity contribution is -0.139. The lowest BCUT2D eigenvalue weighted by Crippen LogP contribution is -2.42. The van der Waals surface area contributed by atoms with Gasteiger partial charge in [0.25, 0.3) is 5.91 Å². The molecule has 0 aliphatic rings. The minimum absolute atomic E-state index is 0.226. The number of carbonyl (C=O) groups excluding carboxylic acids is 1. The first-order chi connectivity index (χ1) is 14.0. The van der Waals surface area contributed by atoms with E-state index in [0.29, 0.717) is 5.56 Å². The molecule has 0 aromatic heterocycles. The molecule has 1 atom stereocenters. The first-order valence-corrected chi connectivity index (χ1v) is 9.52. The second kappa shape index (κ2) is 7.76. The van der Waals surface area contributed by atoms with Crippen molar-refractivity contribution in [1.29, 1.82) is 0 Å². The third-order valence-corrected chi connectivity index (χ3v) is 5.16. The number of nitrogens with one attached hydrogen (secondary N) is 1. The molecule has 0 saturated heterocycles. The summed E-state index contributed by atoms with van der Waals surface area (Å²) in [5.74, 6) is -1.43. The summed E-state index contributed by atoms with van der Waals surface area (Å²) in [6, 6.07) is 24.0. The van der Waals surface area contributed by atoms with Crippen molar-refractivity contribution >= 4 is 33.4 Å². The second-order valence-electron chi connectivity index (χ2n) is 7.25. The van der Waals surface area contributed by atoms with Crippen LogP contribution in [0.25, 0.3) is 21.5 Å². The summed E-state index contributed by atoms with van der Waals surface area (Å²) in [6.07, 6.45) is 0.226. The Morgan fingerprint density at radius 3 is 1.97 bits per heavy atom. The zero-order valence-electron chi connectivity index (χ0n) is 16.1. The van der Waals surface area contributed by atoms with Crippen molar-refractivity contribution in [2.45, 2.75) is 19.4 Å². The van der Waals surface area contributed by atoms with Crippen molar-refractivity contribution in [2.75, 3.05) is 0 Å². The zero-order chi connectivity index (χ0) is 20.4. The summed E-state index contributed by atoms with van der Waals surface area (Å²) in [5.41, 5.74) is 2.48. The Morgan fingerprint density at radius 2 is 1.41 bits per heavy atom. The number of carboxylic acids is 1. The molecule has 0 aliphatic heterocycles. The van der Waals surface area contributed by atoms with Crippen molar-refractivity contribution < 1.29 is 14.7 Å². The molecule has 4 nitrogen and oxygen atoms in total. The standard InChI is InChI=1S/C25H21NO3/c1-16-10-12-17(13-11-16)14-22(25(28)29)26-24(27)23-20-8-4-2-6-18(20)15-19-7-3-5-9-21(19)23/h2-13,15,22H,14H2,1H3,(H,26,27)(H,28,29)/t22-/m1/s1. The Hall–Kier alpha value is -3.66. The van der Waals surface area contributed by atoms with Crippen molar-refractivity contribution in [3.8, 4) is 0 Å². The number of carboxylic acid groups (broad SMARTS) is 1. The molecule has 4 rings (SSSR count). The third-order valence-electron chi connectivity index (χ3n) is 5.16. The molecule has 4 aromatic rings. The maximum Gasteiger partial charge on any atom is 0.326 e. The monoisotopic (exact) mass is 383 g/mol. The summed E-state index contributed by atoms with van der Waals surface area (Å²) in [5, 5.41) is 15.9. The van der Waals surface area contributed by atoms with E-state index in [1.165, 1.54) is 0 Å². The highest BCUT2D eigenvalue weighted by molar-refractivity contribution is 6.18. The fourth-order valence-electron chi connectivity index (χ4n) is 3.65. The van der Waals surface area contributed by atoms with Crippen LogP contribution in [0.1, 0.15) is 21.5 Å². The van der Waals surface area contributed by atoms with Gasteiger partial charge in [-0.25, -0.2) is 4.79 Å². The van der Waals surface area contributed by atoms with Gasteiger partial charge in [0.15, 0.2) is 0 Å². The number of aryl methyl sites for hydroxylation is 1. The van der Waals surface area contributed by atoms with E-state index in [0.717, 1.165) is 32.7 Å². The fourth-order valence-corrected chi connectivity index (χ4v) is 3.65. The first-order valence-electron chi connectivity index (χ1n) is 9.52. The molecule has 0 unspecified atom stereocenters. The first kappa shape index (κ1) is 18.7. The highest BCUT2D eigenvalue weighted by Gasteiger charge is 2.23. The van der Waals surface area contributed by atoms with Gasteiger partial charge in [-0.2, -0.15) is 0 Å². The van der Waals surface area contributed by atoms with E-state index < -0.39 is 12.0 Å². The average Bonchev–Trinajstić information content (AvgIpc) is 2.72. The van der Waals surface area contributed by atoms with Crippen LogP contribution in [0.2, 0.25) is 0 Å². The Balaban J connectivity index is 1.73. The molecule has 0 radical (unpaired) electrons. The van der Waals surface area contributed by atoms with E-state index in [4.69, 9.17) is 0 Å². The molecule has 0 aliphatic carbocycles. The van der Waals surface area contributed by atoms with Crippen molar-refractivity contribution in [3.63, 3.8) is 0 Å². The zero-order valence-corrected chi connectivity index (χ0v) is 16.1. The maximum absolute atomic E-state index is 13.3. The van der Waals surface area contributed by atoms with Crippen LogP contribution in [0.4, 0.5) is 0 Å². The number of rotatable bonds is 5. The van der Waals surface area contributed by atoms with Gasteiger partial charge in [0, 0.05) is 6.42 Å². The molecule has 4 aromatic carbocycles. The number of carbonyl (C=O) groups is 2. The number of hydrogen-bond donors (Lipinski definition) is 2. The highest BCUT2D eigenvalue weighted by Crippen LogP contribution is 2.28. The van der Waals surface area contributed by atoms with Crippen LogP contribution in [-0.4, -0.2) is 23.0 Å². The summed E-state index contributed by atoms with van der Waals surface area (Å²) in [4.78, 5) is 25.1. The van der Waals surface area contributed by atoms with Gasteiger partial charge >= 0.3 is 5.97 Å². The van der Waals surface area contributed by atoms with E-state index >= 15 is 0 Å². The second-order valence-corrected chi connectivity index (χ2v) is 7.25. The van der Waals surface area contributed by atoms with Crippen LogP contribution < -0.4 is 5.32 Å². The predicted molar refractivity (Wildman–Crippen MR) is 115 cm³/mol. The summed E-state index contributed by atoms with van der Waals surface area (Å²) in [6.45, 7) is 1.98. The van der Waals surface area contributed by atoms with Gasteiger partial charge in [0.2, 0.25) is 0 Å². The lowest BCUT2D eigenvalue weighted by atomic mass is 9.95. The summed E-state index contributed by atoms with van der Waals surface area (Å²) < 4.78 is 0. The van der Waals surface area contributed by atoms with Gasteiger partial charge in [-0.05, 0) is 40.1 Å². The Bertz CT molecular complexity index is 1160. The Morgan fingerprint density at radius 1 is 0.862 bits per heavy atom. The third kappa shape index (κ3) is 3.83. The van der Waals surface area contributed by atoms with E-state index in [-0.39, 0.29) is 12.3 Å². The molecular weight excluding hydrogens is 362 g/mol. The van der Waals surface area contributed by atoms with Gasteiger partial charge in [-0.1, -0.05) is 78.4 Å². The van der Waals surface area contributed by atoms with Gasteiger partial charge in [-0.3, -0.25) is 4.79 Å². The summed E-state index contributed by atoms with van der Waals surface area (Å²) >= 11 is 0. The molecule has 0 bridgehead atoms. The van der Waals surface area contributed by atoms with Crippen LogP contribution >= 0.6 is 0 Å². The maximum atomic E-state index is 13.3. The Kier molecular flexibility index (Phi) is 5.00. The average molecular weight is 383 g/mol. The molecule has 4 heteroatoms. The quantitative estimate of drug-likeness (QED) is 0.490. The SMILES string of the molecule is Cc1ccc(C[C@@H](NC(=O)c2c3ccccc3cc3ccccc23)C(=O)O)cc1. The normalized spacial score (nSPS) is 12.0. The molecule has 0 heterocycles. The number of aliphatic carboxylic acids is 1. The van der Waals surface area contributed by atoms with Crippen molar-refractivity contribution in [3.05, 3.63) is 95.6 Å². The van der Waals surface area contributed by atoms with Crippen molar-refractivity contribution in [1.82, 2.24) is 5.32 Å².